The number of nitrogens with zero attached hydrogens (tertiary/aromatic N) is 8. The molecule has 1 aliphatic heterocycles. The molecular weight excluding hydrogens is 574 g/mol. The Balaban J connectivity index is 1.60. The van der Waals surface area contributed by atoms with Crippen LogP contribution in [0.4, 0.5) is 32.2 Å². The molecule has 0 spiro atoms. The van der Waals surface area contributed by atoms with Crippen LogP contribution in [-0.2, 0) is 25.4 Å². The van der Waals surface area contributed by atoms with Gasteiger partial charge in [-0.2, -0.15) is 26.3 Å². The fourth-order valence-electron chi connectivity index (χ4n) is 4.72. The lowest BCUT2D eigenvalue weighted by Crippen LogP contribution is -2.45. The molecule has 1 fully saturated rings. The highest BCUT2D eigenvalue weighted by atomic mass is 35.5. The van der Waals surface area contributed by atoms with Crippen LogP contribution in [0.25, 0.3) is 11.5 Å². The molecule has 5 rings (SSSR count). The third kappa shape index (κ3) is 6.17. The largest absolute Gasteiger partial charge is 0.416 e. The molecule has 0 atom stereocenters. The van der Waals surface area contributed by atoms with Gasteiger partial charge in [-0.15, -0.1) is 15.3 Å². The van der Waals surface area contributed by atoms with Crippen LogP contribution in [0.5, 0.6) is 0 Å². The first kappa shape index (κ1) is 28.9. The molecule has 4 aromatic rings. The summed E-state index contributed by atoms with van der Waals surface area (Å²) in [4.78, 5) is 4.06. The number of rotatable bonds is 6. The van der Waals surface area contributed by atoms with Crippen molar-refractivity contribution >= 4 is 17.4 Å². The van der Waals surface area contributed by atoms with E-state index >= 15 is 0 Å². The van der Waals surface area contributed by atoms with Crippen molar-refractivity contribution < 1.29 is 26.3 Å². The number of hydrogen-bond acceptors (Lipinski definition) is 6. The van der Waals surface area contributed by atoms with Gasteiger partial charge in [-0.05, 0) is 49.4 Å². The van der Waals surface area contributed by atoms with E-state index in [4.69, 9.17) is 11.6 Å². The van der Waals surface area contributed by atoms with Gasteiger partial charge in [-0.3, -0.25) is 0 Å². The Morgan fingerprint density at radius 2 is 1.46 bits per heavy atom. The molecule has 0 bridgehead atoms. The van der Waals surface area contributed by atoms with Gasteiger partial charge >= 0.3 is 12.4 Å². The average molecular weight is 599 g/mol. The monoisotopic (exact) mass is 598 g/mol. The number of halogens is 7. The zero-order chi connectivity index (χ0) is 29.5. The Kier molecular flexibility index (Phi) is 7.72. The molecule has 0 amide bonds. The second-order valence-corrected chi connectivity index (χ2v) is 10.3. The molecule has 0 saturated carbocycles. The molecule has 2 aromatic carbocycles. The van der Waals surface area contributed by atoms with Gasteiger partial charge in [0.25, 0.3) is 0 Å². The van der Waals surface area contributed by atoms with Crippen molar-refractivity contribution in [1.29, 1.82) is 0 Å². The van der Waals surface area contributed by atoms with E-state index in [-0.39, 0.29) is 18.2 Å². The first-order chi connectivity index (χ1) is 19.3. The first-order valence-electron chi connectivity index (χ1n) is 12.6. The Morgan fingerprint density at radius 1 is 0.829 bits per heavy atom. The zero-order valence-electron chi connectivity index (χ0n) is 22.0. The van der Waals surface area contributed by atoms with Gasteiger partial charge in [0.05, 0.1) is 24.2 Å². The minimum atomic E-state index is -4.96. The van der Waals surface area contributed by atoms with Crippen LogP contribution >= 0.6 is 11.6 Å². The average Bonchev–Trinajstić information content (AvgIpc) is 3.47. The van der Waals surface area contributed by atoms with E-state index in [1.54, 1.807) is 23.6 Å². The number of aryl methyl sites for hydroxylation is 1. The molecule has 8 nitrogen and oxygen atoms in total. The zero-order valence-corrected chi connectivity index (χ0v) is 22.8. The molecule has 41 heavy (non-hydrogen) atoms. The predicted molar refractivity (Wildman–Crippen MR) is 140 cm³/mol. The fraction of sp³-hybridized carbons (Fsp3) is 0.385. The number of anilines is 1. The van der Waals surface area contributed by atoms with Crippen LogP contribution in [-0.4, -0.2) is 67.9 Å². The summed E-state index contributed by atoms with van der Waals surface area (Å²) in [5.41, 5.74) is -1.88. The Bertz CT molecular complexity index is 1500. The van der Waals surface area contributed by atoms with Crippen molar-refractivity contribution in [3.05, 3.63) is 75.6 Å². The second kappa shape index (κ2) is 11.0. The van der Waals surface area contributed by atoms with Gasteiger partial charge in [-0.25, -0.2) is 4.68 Å². The standard InChI is InChI=1S/C26H25ClF6N8/c1-16-34-36-23(40(16)15-18-5-3-4-6-21(18)27)22-24(39-9-7-38(2)8-10-39)41(37-35-22)14-17-11-19(25(28,29)30)13-20(12-17)26(31,32)33/h3-6,11-13H,7-10,14-15H2,1-2H3. The summed E-state index contributed by atoms with van der Waals surface area (Å²) in [6.45, 7) is 4.12. The smallest absolute Gasteiger partial charge is 0.352 e. The maximum atomic E-state index is 13.5. The fourth-order valence-corrected chi connectivity index (χ4v) is 4.91. The molecule has 3 heterocycles. The van der Waals surface area contributed by atoms with Gasteiger partial charge in [0, 0.05) is 31.2 Å². The van der Waals surface area contributed by atoms with E-state index in [1.807, 2.05) is 24.1 Å². The first-order valence-corrected chi connectivity index (χ1v) is 13.0. The lowest BCUT2D eigenvalue weighted by Gasteiger charge is -2.34. The second-order valence-electron chi connectivity index (χ2n) is 9.87. The molecule has 2 aromatic heterocycles. The number of aromatic nitrogens is 6. The highest BCUT2D eigenvalue weighted by Crippen LogP contribution is 2.37. The normalized spacial score (nSPS) is 15.1. The predicted octanol–water partition coefficient (Wildman–Crippen LogP) is 5.38. The number of likely N-dealkylation sites (N-methyl/N-ethyl adjacent to an activating group) is 1. The third-order valence-electron chi connectivity index (χ3n) is 6.93. The van der Waals surface area contributed by atoms with E-state index in [0.29, 0.717) is 73.0 Å². The maximum absolute atomic E-state index is 13.5. The topological polar surface area (TPSA) is 67.9 Å². The van der Waals surface area contributed by atoms with E-state index in [0.717, 1.165) is 5.56 Å². The van der Waals surface area contributed by atoms with Gasteiger partial charge in [-0.1, -0.05) is 35.0 Å². The van der Waals surface area contributed by atoms with Crippen LogP contribution in [0.15, 0.2) is 42.5 Å². The Morgan fingerprint density at radius 3 is 2.07 bits per heavy atom. The highest BCUT2D eigenvalue weighted by molar-refractivity contribution is 6.31. The van der Waals surface area contributed by atoms with Crippen molar-refractivity contribution in [3.63, 3.8) is 0 Å². The Hall–Kier alpha value is -3.65. The molecule has 1 aliphatic rings. The molecule has 0 unspecified atom stereocenters. The van der Waals surface area contributed by atoms with Crippen LogP contribution in [0, 0.1) is 6.92 Å². The van der Waals surface area contributed by atoms with Crippen LogP contribution < -0.4 is 4.90 Å². The van der Waals surface area contributed by atoms with Gasteiger partial charge < -0.3 is 14.4 Å². The molecule has 0 aliphatic carbocycles. The van der Waals surface area contributed by atoms with Gasteiger partial charge in [0.15, 0.2) is 17.3 Å². The molecule has 15 heteroatoms. The lowest BCUT2D eigenvalue weighted by atomic mass is 10.0. The summed E-state index contributed by atoms with van der Waals surface area (Å²) >= 11 is 6.38. The molecular formula is C26H25ClF6N8. The molecule has 0 N–H and O–H groups in total. The molecule has 0 radical (unpaired) electrons. The van der Waals surface area contributed by atoms with Crippen molar-refractivity contribution in [3.8, 4) is 11.5 Å². The summed E-state index contributed by atoms with van der Waals surface area (Å²) in [7, 11) is 1.96. The van der Waals surface area contributed by atoms with E-state index in [2.05, 4.69) is 25.4 Å². The summed E-state index contributed by atoms with van der Waals surface area (Å²) in [6.07, 6.45) is -9.92. The minimum Gasteiger partial charge on any atom is -0.352 e. The van der Waals surface area contributed by atoms with Gasteiger partial charge in [0.1, 0.15) is 5.82 Å². The quantitative estimate of drug-likeness (QED) is 0.278. The molecule has 218 valence electrons. The summed E-state index contributed by atoms with van der Waals surface area (Å²) in [5.74, 6) is 1.34. The summed E-state index contributed by atoms with van der Waals surface area (Å²) in [5, 5.41) is 17.6. The summed E-state index contributed by atoms with van der Waals surface area (Å²) < 4.78 is 84.2. The highest BCUT2D eigenvalue weighted by Gasteiger charge is 2.37. The lowest BCUT2D eigenvalue weighted by molar-refractivity contribution is -0.143. The van der Waals surface area contributed by atoms with E-state index in [1.165, 1.54) is 4.68 Å². The minimum absolute atomic E-state index is 0.109. The van der Waals surface area contributed by atoms with Gasteiger partial charge in [0.2, 0.25) is 0 Å². The van der Waals surface area contributed by atoms with Crippen molar-refractivity contribution in [2.75, 3.05) is 38.1 Å². The van der Waals surface area contributed by atoms with Crippen molar-refractivity contribution in [1.82, 2.24) is 34.7 Å². The van der Waals surface area contributed by atoms with Crippen LogP contribution in [0.2, 0.25) is 5.02 Å². The maximum Gasteiger partial charge on any atom is 0.416 e. The van der Waals surface area contributed by atoms with Crippen molar-refractivity contribution in [2.24, 2.45) is 0 Å². The molecule has 1 saturated heterocycles. The number of hydrogen-bond donors (Lipinski definition) is 0. The summed E-state index contributed by atoms with van der Waals surface area (Å²) in [6, 6.07) is 8.78. The number of benzene rings is 2. The third-order valence-corrected chi connectivity index (χ3v) is 7.29. The number of piperazine rings is 1. The van der Waals surface area contributed by atoms with E-state index in [9.17, 15) is 26.3 Å². The van der Waals surface area contributed by atoms with Crippen LogP contribution in [0.1, 0.15) is 28.1 Å². The Labute approximate surface area is 236 Å². The van der Waals surface area contributed by atoms with Crippen LogP contribution in [0.3, 0.4) is 0 Å². The van der Waals surface area contributed by atoms with E-state index < -0.39 is 23.5 Å². The SMILES string of the molecule is Cc1nnc(-c2nnn(Cc3cc(C(F)(F)F)cc(C(F)(F)F)c3)c2N2CCN(C)CC2)n1Cc1ccccc1Cl. The van der Waals surface area contributed by atoms with Crippen molar-refractivity contribution in [2.45, 2.75) is 32.4 Å². The number of alkyl halides is 6.